The first-order valence-electron chi connectivity index (χ1n) is 12.4. The highest BCUT2D eigenvalue weighted by Crippen LogP contribution is 2.72. The number of rotatable bonds is 4. The minimum atomic E-state index is -0.151. The number of carbonyl (C=O) groups excluding carboxylic acids is 1. The summed E-state index contributed by atoms with van der Waals surface area (Å²) < 4.78 is 0. The molecule has 2 nitrogen and oxygen atoms in total. The van der Waals surface area contributed by atoms with E-state index in [1.54, 1.807) is 5.57 Å². The highest BCUT2D eigenvalue weighted by molar-refractivity contribution is 5.49. The first-order valence-corrected chi connectivity index (χ1v) is 12.4. The third-order valence-corrected chi connectivity index (χ3v) is 11.2. The maximum atomic E-state index is 11.0. The Kier molecular flexibility index (Phi) is 5.17. The Bertz CT molecular complexity index is 705. The maximum Gasteiger partial charge on any atom is 0.120 e. The molecule has 7 unspecified atom stereocenters. The van der Waals surface area contributed by atoms with Crippen molar-refractivity contribution in [2.45, 2.75) is 112 Å². The lowest BCUT2D eigenvalue weighted by Gasteiger charge is -2.62. The standard InChI is InChI=1S/C27H44O2/c1-18(8-7-17-28)19-11-15-27(6)21-9-10-22-24(2,3)23(29)13-14-25(22,4)20(21)12-16-26(19,27)5/h17-19,22-23,29H,7-16H2,1-6H3. The van der Waals surface area contributed by atoms with Gasteiger partial charge in [0.1, 0.15) is 6.29 Å². The van der Waals surface area contributed by atoms with Crippen molar-refractivity contribution >= 4 is 6.29 Å². The van der Waals surface area contributed by atoms with Crippen molar-refractivity contribution in [3.63, 3.8) is 0 Å². The van der Waals surface area contributed by atoms with E-state index in [9.17, 15) is 9.90 Å². The van der Waals surface area contributed by atoms with E-state index in [2.05, 4.69) is 41.5 Å². The molecule has 0 saturated heterocycles. The van der Waals surface area contributed by atoms with E-state index in [0.717, 1.165) is 37.9 Å². The molecule has 0 spiro atoms. The van der Waals surface area contributed by atoms with Crippen molar-refractivity contribution in [1.29, 1.82) is 0 Å². The predicted molar refractivity (Wildman–Crippen MR) is 120 cm³/mol. The van der Waals surface area contributed by atoms with Crippen molar-refractivity contribution in [3.8, 4) is 0 Å². The number of carbonyl (C=O) groups is 1. The van der Waals surface area contributed by atoms with Gasteiger partial charge in [0.05, 0.1) is 6.10 Å². The lowest BCUT2D eigenvalue weighted by molar-refractivity contribution is -0.108. The monoisotopic (exact) mass is 400 g/mol. The smallest absolute Gasteiger partial charge is 0.120 e. The molecule has 0 aromatic rings. The first kappa shape index (κ1) is 21.6. The summed E-state index contributed by atoms with van der Waals surface area (Å²) in [4.78, 5) is 11.0. The molecule has 4 rings (SSSR count). The number of aliphatic hydroxyl groups excluding tert-OH is 1. The van der Waals surface area contributed by atoms with Gasteiger partial charge in [-0.15, -0.1) is 0 Å². The summed E-state index contributed by atoms with van der Waals surface area (Å²) in [6.45, 7) is 14.8. The van der Waals surface area contributed by atoms with Crippen LogP contribution in [0.1, 0.15) is 106 Å². The summed E-state index contributed by atoms with van der Waals surface area (Å²) in [5, 5.41) is 10.8. The SMILES string of the molecule is CC(CCC=O)C1CCC2(C)C3=C(CCC12C)C1(C)CCC(O)C(C)(C)C1CC3. The largest absolute Gasteiger partial charge is 0.393 e. The van der Waals surface area contributed by atoms with Crippen LogP contribution >= 0.6 is 0 Å². The fourth-order valence-electron chi connectivity index (χ4n) is 9.16. The molecule has 29 heavy (non-hydrogen) atoms. The van der Waals surface area contributed by atoms with Gasteiger partial charge in [-0.1, -0.05) is 52.7 Å². The molecule has 0 bridgehead atoms. The van der Waals surface area contributed by atoms with E-state index in [0.29, 0.717) is 22.7 Å². The molecule has 0 heterocycles. The second kappa shape index (κ2) is 6.94. The minimum absolute atomic E-state index is 0.0226. The zero-order valence-electron chi connectivity index (χ0n) is 19.8. The van der Waals surface area contributed by atoms with Gasteiger partial charge in [0, 0.05) is 6.42 Å². The van der Waals surface area contributed by atoms with Crippen molar-refractivity contribution in [3.05, 3.63) is 11.1 Å². The summed E-state index contributed by atoms with van der Waals surface area (Å²) in [7, 11) is 0. The van der Waals surface area contributed by atoms with Crippen LogP contribution in [0, 0.1) is 39.4 Å². The molecule has 1 N–H and O–H groups in total. The van der Waals surface area contributed by atoms with Gasteiger partial charge in [0.2, 0.25) is 0 Å². The van der Waals surface area contributed by atoms with E-state index in [-0.39, 0.29) is 16.9 Å². The second-order valence-corrected chi connectivity index (χ2v) is 12.5. The molecule has 0 radical (unpaired) electrons. The molecule has 2 heteroatoms. The van der Waals surface area contributed by atoms with Crippen LogP contribution < -0.4 is 0 Å². The third-order valence-electron chi connectivity index (χ3n) is 11.2. The van der Waals surface area contributed by atoms with Gasteiger partial charge in [0.25, 0.3) is 0 Å². The van der Waals surface area contributed by atoms with Crippen LogP contribution in [-0.2, 0) is 4.79 Å². The molecule has 4 aliphatic rings. The number of aliphatic hydroxyl groups is 1. The Morgan fingerprint density at radius 2 is 1.72 bits per heavy atom. The highest BCUT2D eigenvalue weighted by atomic mass is 16.3. The summed E-state index contributed by atoms with van der Waals surface area (Å²) in [6, 6.07) is 0. The highest BCUT2D eigenvalue weighted by Gasteiger charge is 2.63. The van der Waals surface area contributed by atoms with Crippen LogP contribution in [0.5, 0.6) is 0 Å². The van der Waals surface area contributed by atoms with Crippen LogP contribution in [0.15, 0.2) is 11.1 Å². The van der Waals surface area contributed by atoms with Crippen LogP contribution in [0.4, 0.5) is 0 Å². The molecule has 0 aromatic heterocycles. The van der Waals surface area contributed by atoms with Crippen molar-refractivity contribution < 1.29 is 9.90 Å². The van der Waals surface area contributed by atoms with Gasteiger partial charge in [-0.25, -0.2) is 0 Å². The first-order chi connectivity index (χ1) is 13.5. The number of hydrogen-bond donors (Lipinski definition) is 1. The average Bonchev–Trinajstić information content (AvgIpc) is 2.95. The zero-order chi connectivity index (χ0) is 21.2. The van der Waals surface area contributed by atoms with Crippen LogP contribution in [0.2, 0.25) is 0 Å². The Balaban J connectivity index is 1.71. The summed E-state index contributed by atoms with van der Waals surface area (Å²) in [5.74, 6) is 2.00. The molecular weight excluding hydrogens is 356 g/mol. The summed E-state index contributed by atoms with van der Waals surface area (Å²) >= 11 is 0. The third kappa shape index (κ3) is 2.80. The molecule has 7 atom stereocenters. The van der Waals surface area contributed by atoms with Crippen LogP contribution in [-0.4, -0.2) is 17.5 Å². The van der Waals surface area contributed by atoms with Gasteiger partial charge in [-0.05, 0) is 97.2 Å². The quantitative estimate of drug-likeness (QED) is 0.420. The molecule has 2 saturated carbocycles. The Morgan fingerprint density at radius 1 is 1.00 bits per heavy atom. The van der Waals surface area contributed by atoms with E-state index in [1.807, 2.05) is 5.57 Å². The average molecular weight is 401 g/mol. The Labute approximate surface area is 178 Å². The predicted octanol–water partition coefficient (Wildman–Crippen LogP) is 6.71. The van der Waals surface area contributed by atoms with Gasteiger partial charge in [-0.2, -0.15) is 0 Å². The van der Waals surface area contributed by atoms with Gasteiger partial charge < -0.3 is 9.90 Å². The Hall–Kier alpha value is -0.630. The maximum absolute atomic E-state index is 11.0. The zero-order valence-corrected chi connectivity index (χ0v) is 19.8. The van der Waals surface area contributed by atoms with Crippen molar-refractivity contribution in [1.82, 2.24) is 0 Å². The van der Waals surface area contributed by atoms with Crippen molar-refractivity contribution in [2.24, 2.45) is 39.4 Å². The van der Waals surface area contributed by atoms with Crippen molar-refractivity contribution in [2.75, 3.05) is 0 Å². The molecule has 2 fully saturated rings. The van der Waals surface area contributed by atoms with E-state index >= 15 is 0 Å². The van der Waals surface area contributed by atoms with E-state index < -0.39 is 0 Å². The van der Waals surface area contributed by atoms with E-state index in [4.69, 9.17) is 0 Å². The summed E-state index contributed by atoms with van der Waals surface area (Å²) in [6.07, 6.45) is 12.6. The van der Waals surface area contributed by atoms with Gasteiger partial charge >= 0.3 is 0 Å². The van der Waals surface area contributed by atoms with Crippen LogP contribution in [0.3, 0.4) is 0 Å². The van der Waals surface area contributed by atoms with Crippen LogP contribution in [0.25, 0.3) is 0 Å². The number of hydrogen-bond acceptors (Lipinski definition) is 2. The Morgan fingerprint density at radius 3 is 2.41 bits per heavy atom. The molecular formula is C27H44O2. The van der Waals surface area contributed by atoms with Gasteiger partial charge in [0.15, 0.2) is 0 Å². The minimum Gasteiger partial charge on any atom is -0.393 e. The topological polar surface area (TPSA) is 37.3 Å². The number of aldehydes is 1. The fourth-order valence-corrected chi connectivity index (χ4v) is 9.16. The van der Waals surface area contributed by atoms with E-state index in [1.165, 1.54) is 38.5 Å². The summed E-state index contributed by atoms with van der Waals surface area (Å²) in [5.41, 5.74) is 4.63. The normalized spacial score (nSPS) is 47.2. The second-order valence-electron chi connectivity index (χ2n) is 12.5. The molecule has 0 aromatic carbocycles. The number of fused-ring (bicyclic) bond motifs is 4. The molecule has 0 amide bonds. The molecule has 4 aliphatic carbocycles. The molecule has 0 aliphatic heterocycles. The fraction of sp³-hybridized carbons (Fsp3) is 0.889. The lowest BCUT2D eigenvalue weighted by Crippen LogP contribution is -2.55. The van der Waals surface area contributed by atoms with Gasteiger partial charge in [-0.3, -0.25) is 0 Å². The lowest BCUT2D eigenvalue weighted by atomic mass is 9.43. The number of allylic oxidation sites excluding steroid dienone is 2. The molecule has 164 valence electrons.